The molecule has 2 heterocycles. The molecule has 5 N–H and O–H groups in total. The lowest BCUT2D eigenvalue weighted by molar-refractivity contribution is -0.277. The lowest BCUT2D eigenvalue weighted by atomic mass is 9.99. The molecule has 1 aliphatic rings. The van der Waals surface area contributed by atoms with E-state index in [-0.39, 0.29) is 0 Å². The summed E-state index contributed by atoms with van der Waals surface area (Å²) in [4.78, 5) is 0. The Morgan fingerprint density at radius 2 is 1.48 bits per heavy atom. The number of tetrazole rings is 1. The Bertz CT molecular complexity index is 917. The molecule has 0 amide bonds. The topological polar surface area (TPSA) is 154 Å². The zero-order valence-electron chi connectivity index (χ0n) is 15.2. The molecule has 1 saturated heterocycles. The molecule has 0 aliphatic carbocycles. The van der Waals surface area contributed by atoms with Gasteiger partial charge in [0.25, 0.3) is 0 Å². The third-order valence-corrected chi connectivity index (χ3v) is 4.78. The van der Waals surface area contributed by atoms with Crippen LogP contribution in [0, 0.1) is 0 Å². The zero-order chi connectivity index (χ0) is 20.4. The summed E-state index contributed by atoms with van der Waals surface area (Å²) in [5.41, 5.74) is 2.74. The van der Waals surface area contributed by atoms with Crippen molar-refractivity contribution >= 4 is 0 Å². The first kappa shape index (κ1) is 19.4. The summed E-state index contributed by atoms with van der Waals surface area (Å²) < 4.78 is 10.9. The second-order valence-electron chi connectivity index (χ2n) is 6.65. The Kier molecular flexibility index (Phi) is 5.51. The summed E-state index contributed by atoms with van der Waals surface area (Å²) in [6.45, 7) is -0.510. The van der Waals surface area contributed by atoms with E-state index in [0.717, 1.165) is 16.7 Å². The Morgan fingerprint density at radius 3 is 2.07 bits per heavy atom. The highest BCUT2D eigenvalue weighted by Gasteiger charge is 2.44. The molecule has 1 aliphatic heterocycles. The van der Waals surface area contributed by atoms with Gasteiger partial charge in [-0.15, -0.1) is 10.2 Å². The first-order valence-electron chi connectivity index (χ1n) is 8.98. The molecular weight excluding hydrogens is 380 g/mol. The molecule has 0 radical (unpaired) electrons. The van der Waals surface area contributed by atoms with Crippen LogP contribution < -0.4 is 4.74 Å². The highest BCUT2D eigenvalue weighted by Crippen LogP contribution is 2.27. The van der Waals surface area contributed by atoms with Crippen molar-refractivity contribution in [2.24, 2.45) is 0 Å². The van der Waals surface area contributed by atoms with Gasteiger partial charge in [-0.3, -0.25) is 0 Å². The molecule has 1 fully saturated rings. The number of nitrogens with zero attached hydrogens (tertiary/aromatic N) is 3. The molecule has 0 unspecified atom stereocenters. The van der Waals surface area contributed by atoms with Gasteiger partial charge in [0.05, 0.1) is 6.61 Å². The van der Waals surface area contributed by atoms with E-state index in [9.17, 15) is 20.4 Å². The first-order valence-corrected chi connectivity index (χ1v) is 8.98. The largest absolute Gasteiger partial charge is 0.462 e. The maximum Gasteiger partial charge on any atom is 0.229 e. The Balaban J connectivity index is 1.45. The van der Waals surface area contributed by atoms with E-state index in [2.05, 4.69) is 20.6 Å². The second-order valence-corrected chi connectivity index (χ2v) is 6.65. The summed E-state index contributed by atoms with van der Waals surface area (Å²) in [5.74, 6) is 0.918. The van der Waals surface area contributed by atoms with Crippen LogP contribution >= 0.6 is 0 Å². The quantitative estimate of drug-likeness (QED) is 0.389. The zero-order valence-corrected chi connectivity index (χ0v) is 15.2. The Morgan fingerprint density at radius 1 is 0.862 bits per heavy atom. The van der Waals surface area contributed by atoms with Crippen LogP contribution in [0.2, 0.25) is 0 Å². The highest BCUT2D eigenvalue weighted by molar-refractivity contribution is 5.68. The summed E-state index contributed by atoms with van der Waals surface area (Å²) in [6, 6.07) is 14.7. The smallest absolute Gasteiger partial charge is 0.229 e. The minimum Gasteiger partial charge on any atom is -0.462 e. The Hall–Kier alpha value is -2.89. The van der Waals surface area contributed by atoms with E-state index < -0.39 is 37.3 Å². The number of benzene rings is 2. The summed E-state index contributed by atoms with van der Waals surface area (Å²) in [7, 11) is 0. The lowest BCUT2D eigenvalue weighted by Crippen LogP contribution is -2.60. The van der Waals surface area contributed by atoms with E-state index >= 15 is 0 Å². The number of H-pyrrole nitrogens is 1. The van der Waals surface area contributed by atoms with Crippen molar-refractivity contribution in [3.8, 4) is 28.3 Å². The molecule has 29 heavy (non-hydrogen) atoms. The number of rotatable bonds is 5. The van der Waals surface area contributed by atoms with Crippen molar-refractivity contribution in [3.05, 3.63) is 48.5 Å². The van der Waals surface area contributed by atoms with Crippen LogP contribution in [0.4, 0.5) is 0 Å². The SMILES string of the molecule is OC[C@H]1O[C@H](Oc2ccc(-c3ccc(-c4nn[nH]n4)cc3)cc2)[C@@H](O)[C@@H](O)[C@@H]1O. The number of nitrogens with one attached hydrogen (secondary N) is 1. The van der Waals surface area contributed by atoms with Gasteiger partial charge in [0.15, 0.2) is 0 Å². The van der Waals surface area contributed by atoms with Crippen molar-refractivity contribution in [3.63, 3.8) is 0 Å². The highest BCUT2D eigenvalue weighted by atomic mass is 16.7. The van der Waals surface area contributed by atoms with Gasteiger partial charge in [0.2, 0.25) is 12.1 Å². The van der Waals surface area contributed by atoms with Gasteiger partial charge in [-0.2, -0.15) is 5.21 Å². The normalized spacial score (nSPS) is 27.0. The molecule has 152 valence electrons. The molecule has 0 spiro atoms. The average Bonchev–Trinajstić information content (AvgIpc) is 3.30. The third kappa shape index (κ3) is 3.97. The number of aromatic amines is 1. The third-order valence-electron chi connectivity index (χ3n) is 4.78. The summed E-state index contributed by atoms with van der Waals surface area (Å²) >= 11 is 0. The number of ether oxygens (including phenoxy) is 2. The van der Waals surface area contributed by atoms with Crippen LogP contribution in [0.5, 0.6) is 5.75 Å². The maximum absolute atomic E-state index is 10.1. The van der Waals surface area contributed by atoms with E-state index in [1.807, 2.05) is 36.4 Å². The van der Waals surface area contributed by atoms with Gasteiger partial charge in [-0.1, -0.05) is 36.4 Å². The molecule has 5 atom stereocenters. The molecule has 4 rings (SSSR count). The van der Waals surface area contributed by atoms with E-state index in [4.69, 9.17) is 9.47 Å². The molecule has 0 bridgehead atoms. The van der Waals surface area contributed by atoms with Gasteiger partial charge in [0, 0.05) is 5.56 Å². The first-order chi connectivity index (χ1) is 14.1. The van der Waals surface area contributed by atoms with Gasteiger partial charge >= 0.3 is 0 Å². The van der Waals surface area contributed by atoms with Crippen molar-refractivity contribution in [1.82, 2.24) is 20.6 Å². The predicted molar refractivity (Wildman–Crippen MR) is 99.4 cm³/mol. The van der Waals surface area contributed by atoms with Crippen LogP contribution in [-0.2, 0) is 4.74 Å². The molecule has 2 aromatic carbocycles. The van der Waals surface area contributed by atoms with Gasteiger partial charge in [0.1, 0.15) is 30.2 Å². The van der Waals surface area contributed by atoms with E-state index in [1.54, 1.807) is 12.1 Å². The average molecular weight is 400 g/mol. The van der Waals surface area contributed by atoms with E-state index in [1.165, 1.54) is 0 Å². The Labute approximate surface area is 165 Å². The van der Waals surface area contributed by atoms with Crippen LogP contribution in [0.3, 0.4) is 0 Å². The minimum atomic E-state index is -1.48. The number of aromatic nitrogens is 4. The molecule has 3 aromatic rings. The van der Waals surface area contributed by atoms with Gasteiger partial charge in [-0.05, 0) is 28.5 Å². The molecule has 10 heteroatoms. The van der Waals surface area contributed by atoms with Crippen molar-refractivity contribution < 1.29 is 29.9 Å². The second kappa shape index (κ2) is 8.23. The van der Waals surface area contributed by atoms with Gasteiger partial charge in [-0.25, -0.2) is 0 Å². The minimum absolute atomic E-state index is 0.404. The number of hydrogen-bond donors (Lipinski definition) is 5. The van der Waals surface area contributed by atoms with E-state index in [0.29, 0.717) is 11.6 Å². The maximum atomic E-state index is 10.1. The number of hydrogen-bond acceptors (Lipinski definition) is 9. The predicted octanol–water partition coefficient (Wildman–Crippen LogP) is -0.288. The molecule has 10 nitrogen and oxygen atoms in total. The fraction of sp³-hybridized carbons (Fsp3) is 0.316. The number of aliphatic hydroxyl groups is 4. The summed E-state index contributed by atoms with van der Waals surface area (Å²) in [5, 5.41) is 52.8. The standard InChI is InChI=1S/C19H20N4O6/c24-9-14-15(25)16(26)17(27)19(29-14)28-13-7-5-11(6-8-13)10-1-3-12(4-2-10)18-20-22-23-21-18/h1-8,14-17,19,24-27H,9H2,(H,20,21,22,23)/t14-,15-,16+,17+,19+/m1/s1. The van der Waals surface area contributed by atoms with Crippen molar-refractivity contribution in [2.75, 3.05) is 6.61 Å². The summed E-state index contributed by atoms with van der Waals surface area (Å²) in [6.07, 6.45) is -6.60. The molecule has 0 saturated carbocycles. The van der Waals surface area contributed by atoms with Crippen molar-refractivity contribution in [1.29, 1.82) is 0 Å². The van der Waals surface area contributed by atoms with Crippen LogP contribution in [0.1, 0.15) is 0 Å². The fourth-order valence-corrected chi connectivity index (χ4v) is 3.12. The van der Waals surface area contributed by atoms with Crippen LogP contribution in [-0.4, -0.2) is 78.4 Å². The fourth-order valence-electron chi connectivity index (χ4n) is 3.12. The molecular formula is C19H20N4O6. The van der Waals surface area contributed by atoms with Gasteiger partial charge < -0.3 is 29.9 Å². The number of aliphatic hydroxyl groups excluding tert-OH is 4. The molecule has 1 aromatic heterocycles. The van der Waals surface area contributed by atoms with Crippen LogP contribution in [0.15, 0.2) is 48.5 Å². The lowest BCUT2D eigenvalue weighted by Gasteiger charge is -2.39. The van der Waals surface area contributed by atoms with Crippen molar-refractivity contribution in [2.45, 2.75) is 30.7 Å². The van der Waals surface area contributed by atoms with Crippen LogP contribution in [0.25, 0.3) is 22.5 Å². The monoisotopic (exact) mass is 400 g/mol.